The molecule has 4 heteroatoms. The molecular weight excluding hydrogens is 209 g/mol. The number of benzene rings is 1. The number of halogens is 3. The summed E-state index contributed by atoms with van der Waals surface area (Å²) in [6.07, 6.45) is -4.25. The first-order valence-corrected chi connectivity index (χ1v) is 4.92. The maximum Gasteiger partial charge on any atom is 0.417 e. The summed E-state index contributed by atoms with van der Waals surface area (Å²) in [6.45, 7) is 1.81. The van der Waals surface area contributed by atoms with Gasteiger partial charge in [0.2, 0.25) is 0 Å². The van der Waals surface area contributed by atoms with E-state index in [1.54, 1.807) is 11.4 Å². The number of rotatable bonds is 0. The summed E-state index contributed by atoms with van der Waals surface area (Å²) in [5.41, 5.74) is 0.349. The Hall–Kier alpha value is -1.03. The van der Waals surface area contributed by atoms with Crippen LogP contribution in [0.4, 0.5) is 13.2 Å². The number of fused-ring (bicyclic) bond motifs is 1. The minimum Gasteiger partial charge on any atom is -0.166 e. The first-order valence-electron chi connectivity index (χ1n) is 4.04. The van der Waals surface area contributed by atoms with Gasteiger partial charge in [-0.3, -0.25) is 0 Å². The second-order valence-electron chi connectivity index (χ2n) is 3.09. The molecule has 1 heterocycles. The van der Waals surface area contributed by atoms with Gasteiger partial charge in [0.15, 0.2) is 0 Å². The molecule has 0 aliphatic rings. The van der Waals surface area contributed by atoms with Crippen molar-refractivity contribution in [1.29, 1.82) is 0 Å². The number of thiophene rings is 1. The molecule has 0 amide bonds. The molecule has 74 valence electrons. The van der Waals surface area contributed by atoms with Crippen LogP contribution in [0.3, 0.4) is 0 Å². The monoisotopic (exact) mass is 216 g/mol. The maximum absolute atomic E-state index is 12.5. The van der Waals surface area contributed by atoms with Crippen molar-refractivity contribution < 1.29 is 13.2 Å². The molecule has 0 atom stereocenters. The lowest BCUT2D eigenvalue weighted by molar-refractivity contribution is -0.136. The highest BCUT2D eigenvalue weighted by Gasteiger charge is 2.33. The smallest absolute Gasteiger partial charge is 0.166 e. The van der Waals surface area contributed by atoms with Crippen LogP contribution in [0.2, 0.25) is 0 Å². The molecule has 0 aliphatic carbocycles. The van der Waals surface area contributed by atoms with Crippen LogP contribution in [0, 0.1) is 6.92 Å². The van der Waals surface area contributed by atoms with E-state index in [0.29, 0.717) is 10.1 Å². The van der Waals surface area contributed by atoms with Crippen LogP contribution in [-0.4, -0.2) is 0 Å². The molecule has 0 aliphatic heterocycles. The average molecular weight is 216 g/mol. The van der Waals surface area contributed by atoms with E-state index in [1.807, 2.05) is 6.92 Å². The highest BCUT2D eigenvalue weighted by atomic mass is 32.1. The van der Waals surface area contributed by atoms with Gasteiger partial charge in [-0.15, -0.1) is 11.3 Å². The summed E-state index contributed by atoms with van der Waals surface area (Å²) in [5.74, 6) is 0. The van der Waals surface area contributed by atoms with Gasteiger partial charge < -0.3 is 0 Å². The van der Waals surface area contributed by atoms with Crippen LogP contribution in [-0.2, 0) is 6.18 Å². The summed E-state index contributed by atoms with van der Waals surface area (Å²) in [7, 11) is 0. The third-order valence-corrected chi connectivity index (χ3v) is 3.09. The molecule has 0 fully saturated rings. The zero-order valence-corrected chi connectivity index (χ0v) is 8.17. The molecule has 2 rings (SSSR count). The second kappa shape index (κ2) is 2.98. The van der Waals surface area contributed by atoms with E-state index in [-0.39, 0.29) is 0 Å². The lowest BCUT2D eigenvalue weighted by atomic mass is 10.1. The van der Waals surface area contributed by atoms with Crippen molar-refractivity contribution >= 4 is 21.4 Å². The van der Waals surface area contributed by atoms with E-state index < -0.39 is 11.7 Å². The summed E-state index contributed by atoms with van der Waals surface area (Å²) >= 11 is 1.13. The number of alkyl halides is 3. The van der Waals surface area contributed by atoms with Crippen molar-refractivity contribution in [3.05, 3.63) is 34.7 Å². The van der Waals surface area contributed by atoms with E-state index in [2.05, 4.69) is 0 Å². The van der Waals surface area contributed by atoms with E-state index in [9.17, 15) is 13.2 Å². The van der Waals surface area contributed by atoms with Crippen LogP contribution in [0.25, 0.3) is 10.1 Å². The normalized spacial score (nSPS) is 12.3. The van der Waals surface area contributed by atoms with Crippen LogP contribution in [0.5, 0.6) is 0 Å². The highest BCUT2D eigenvalue weighted by molar-refractivity contribution is 7.17. The predicted molar refractivity (Wildman–Crippen MR) is 51.6 cm³/mol. The van der Waals surface area contributed by atoms with Gasteiger partial charge in [-0.2, -0.15) is 13.2 Å². The van der Waals surface area contributed by atoms with Crippen LogP contribution in [0.15, 0.2) is 23.6 Å². The van der Waals surface area contributed by atoms with Gasteiger partial charge in [0.1, 0.15) is 0 Å². The summed E-state index contributed by atoms with van der Waals surface area (Å²) in [6, 6.07) is 4.39. The predicted octanol–water partition coefficient (Wildman–Crippen LogP) is 4.23. The van der Waals surface area contributed by atoms with Crippen molar-refractivity contribution in [3.63, 3.8) is 0 Å². The number of hydrogen-bond acceptors (Lipinski definition) is 1. The van der Waals surface area contributed by atoms with Gasteiger partial charge in [0, 0.05) is 4.70 Å². The second-order valence-corrected chi connectivity index (χ2v) is 4.01. The Bertz CT molecular complexity index is 468. The van der Waals surface area contributed by atoms with Crippen molar-refractivity contribution in [2.75, 3.05) is 0 Å². The fourth-order valence-corrected chi connectivity index (χ4v) is 2.43. The molecule has 0 saturated heterocycles. The number of hydrogen-bond donors (Lipinski definition) is 0. The van der Waals surface area contributed by atoms with Crippen LogP contribution >= 0.6 is 11.3 Å². The fraction of sp³-hybridized carbons (Fsp3) is 0.200. The maximum atomic E-state index is 12.5. The molecule has 0 spiro atoms. The first-order chi connectivity index (χ1) is 6.50. The lowest BCUT2D eigenvalue weighted by Crippen LogP contribution is -2.04. The topological polar surface area (TPSA) is 0 Å². The standard InChI is InChI=1S/C10H7F3S/c1-6-2-3-8(10(11,12)13)9-7(6)4-5-14-9/h2-5H,1H3. The molecule has 1 aromatic heterocycles. The average Bonchev–Trinajstić information content (AvgIpc) is 2.50. The molecule has 0 N–H and O–H groups in total. The third-order valence-electron chi connectivity index (χ3n) is 2.14. The molecule has 0 unspecified atom stereocenters. The zero-order chi connectivity index (χ0) is 10.3. The van der Waals surface area contributed by atoms with Gasteiger partial charge >= 0.3 is 6.18 Å². The van der Waals surface area contributed by atoms with Gasteiger partial charge in [-0.05, 0) is 35.4 Å². The van der Waals surface area contributed by atoms with Crippen molar-refractivity contribution in [2.45, 2.75) is 13.1 Å². The molecule has 2 aromatic rings. The van der Waals surface area contributed by atoms with E-state index in [0.717, 1.165) is 23.0 Å². The summed E-state index contributed by atoms with van der Waals surface area (Å²) in [4.78, 5) is 0. The molecule has 0 bridgehead atoms. The van der Waals surface area contributed by atoms with E-state index in [4.69, 9.17) is 0 Å². The summed E-state index contributed by atoms with van der Waals surface area (Å²) in [5, 5.41) is 2.39. The first kappa shape index (κ1) is 9.52. The van der Waals surface area contributed by atoms with Crippen molar-refractivity contribution in [1.82, 2.24) is 0 Å². The Morgan fingerprint density at radius 2 is 1.86 bits per heavy atom. The molecule has 1 aromatic carbocycles. The Kier molecular flexibility index (Phi) is 2.03. The SMILES string of the molecule is Cc1ccc(C(F)(F)F)c2sccc12. The Morgan fingerprint density at radius 3 is 2.50 bits per heavy atom. The highest BCUT2D eigenvalue weighted by Crippen LogP contribution is 2.38. The molecule has 0 radical (unpaired) electrons. The quantitative estimate of drug-likeness (QED) is 0.618. The molecule has 0 nitrogen and oxygen atoms in total. The minimum absolute atomic E-state index is 0.331. The largest absolute Gasteiger partial charge is 0.417 e. The van der Waals surface area contributed by atoms with Gasteiger partial charge in [-0.1, -0.05) is 6.07 Å². The summed E-state index contributed by atoms with van der Waals surface area (Å²) < 4.78 is 37.9. The minimum atomic E-state index is -4.25. The Morgan fingerprint density at radius 1 is 1.14 bits per heavy atom. The Labute approximate surface area is 83.0 Å². The Balaban J connectivity index is 2.80. The van der Waals surface area contributed by atoms with Gasteiger partial charge in [0.25, 0.3) is 0 Å². The molecule has 14 heavy (non-hydrogen) atoms. The third kappa shape index (κ3) is 1.39. The fourth-order valence-electron chi connectivity index (χ4n) is 1.43. The van der Waals surface area contributed by atoms with Crippen molar-refractivity contribution in [3.8, 4) is 0 Å². The van der Waals surface area contributed by atoms with Crippen LogP contribution < -0.4 is 0 Å². The van der Waals surface area contributed by atoms with Gasteiger partial charge in [0.05, 0.1) is 5.56 Å². The zero-order valence-electron chi connectivity index (χ0n) is 7.35. The van der Waals surface area contributed by atoms with E-state index >= 15 is 0 Å². The number of aryl methyl sites for hydroxylation is 1. The van der Waals surface area contributed by atoms with E-state index in [1.165, 1.54) is 6.07 Å². The molecule has 0 saturated carbocycles. The lowest BCUT2D eigenvalue weighted by Gasteiger charge is -2.08. The molecular formula is C10H7F3S. The van der Waals surface area contributed by atoms with Gasteiger partial charge in [-0.25, -0.2) is 0 Å². The van der Waals surface area contributed by atoms with Crippen molar-refractivity contribution in [2.24, 2.45) is 0 Å². The van der Waals surface area contributed by atoms with Crippen LogP contribution in [0.1, 0.15) is 11.1 Å².